The zero-order valence-corrected chi connectivity index (χ0v) is 9.38. The Kier molecular flexibility index (Phi) is 2.73. The van der Waals surface area contributed by atoms with Crippen LogP contribution in [0.3, 0.4) is 0 Å². The number of amides is 1. The van der Waals surface area contributed by atoms with Crippen molar-refractivity contribution in [3.8, 4) is 0 Å². The van der Waals surface area contributed by atoms with E-state index in [1.807, 2.05) is 0 Å². The van der Waals surface area contributed by atoms with Crippen LogP contribution in [0.1, 0.15) is 13.3 Å². The number of β-lactam (4-membered cyclic amide) rings is 1. The van der Waals surface area contributed by atoms with Crippen molar-refractivity contribution >= 4 is 23.6 Å². The van der Waals surface area contributed by atoms with Gasteiger partial charge in [0.25, 0.3) is 0 Å². The Labute approximate surface area is 92.6 Å². The highest BCUT2D eigenvalue weighted by molar-refractivity contribution is 8.00. The van der Waals surface area contributed by atoms with Gasteiger partial charge in [-0.1, -0.05) is 6.58 Å². The second-order valence-electron chi connectivity index (χ2n) is 3.75. The summed E-state index contributed by atoms with van der Waals surface area (Å²) in [6, 6.07) is 0. The predicted octanol–water partition coefficient (Wildman–Crippen LogP) is 0.985. The molecule has 2 atom stereocenters. The van der Waals surface area contributed by atoms with E-state index in [1.54, 1.807) is 16.7 Å². The molecular weight excluding hydrogens is 214 g/mol. The Morgan fingerprint density at radius 1 is 1.73 bits per heavy atom. The number of hydrogen-bond acceptors (Lipinski definition) is 4. The van der Waals surface area contributed by atoms with Crippen molar-refractivity contribution in [3.63, 3.8) is 0 Å². The fourth-order valence-corrected chi connectivity index (χ4v) is 3.15. The van der Waals surface area contributed by atoms with Crippen LogP contribution in [0.25, 0.3) is 0 Å². The molecule has 2 heterocycles. The lowest BCUT2D eigenvalue weighted by Gasteiger charge is -2.47. The number of carbonyl (C=O) groups excluding carboxylic acids is 2. The van der Waals surface area contributed by atoms with Crippen molar-refractivity contribution < 1.29 is 14.3 Å². The Bertz CT molecular complexity index is 329. The first-order valence-electron chi connectivity index (χ1n) is 4.85. The lowest BCUT2D eigenvalue weighted by atomic mass is 10.0. The average Bonchev–Trinajstić information content (AvgIpc) is 2.14. The summed E-state index contributed by atoms with van der Waals surface area (Å²) >= 11 is 1.73. The molecule has 82 valence electrons. The highest BCUT2D eigenvalue weighted by Gasteiger charge is 2.44. The second kappa shape index (κ2) is 3.89. The van der Waals surface area contributed by atoms with Gasteiger partial charge < -0.3 is 9.64 Å². The summed E-state index contributed by atoms with van der Waals surface area (Å²) in [4.78, 5) is 23.7. The normalized spacial score (nSPS) is 29.5. The molecule has 0 aromatic rings. The maximum atomic E-state index is 11.3. The number of hydrogen-bond donors (Lipinski definition) is 0. The largest absolute Gasteiger partial charge is 0.465 e. The van der Waals surface area contributed by atoms with Gasteiger partial charge in [0.15, 0.2) is 0 Å². The zero-order chi connectivity index (χ0) is 11.0. The molecule has 5 heteroatoms. The van der Waals surface area contributed by atoms with Gasteiger partial charge in [0.05, 0.1) is 11.8 Å². The number of esters is 1. The molecule has 0 aromatic heterocycles. The average molecular weight is 227 g/mol. The van der Waals surface area contributed by atoms with Gasteiger partial charge in [0.2, 0.25) is 5.91 Å². The van der Waals surface area contributed by atoms with E-state index < -0.39 is 0 Å². The van der Waals surface area contributed by atoms with Crippen molar-refractivity contribution in [1.29, 1.82) is 0 Å². The lowest BCUT2D eigenvalue weighted by molar-refractivity contribution is -0.142. The van der Waals surface area contributed by atoms with Crippen molar-refractivity contribution in [2.24, 2.45) is 5.92 Å². The molecule has 0 spiro atoms. The third-order valence-electron chi connectivity index (χ3n) is 2.66. The maximum absolute atomic E-state index is 11.3. The molecule has 0 aromatic carbocycles. The number of nitrogens with zero attached hydrogens (tertiary/aromatic N) is 1. The SMILES string of the molecule is C=C1C(COC(C)=O)CS[C@@H]2CC(=O)N12. The van der Waals surface area contributed by atoms with Crippen LogP contribution in [0.15, 0.2) is 12.3 Å². The molecule has 0 aliphatic carbocycles. The second-order valence-corrected chi connectivity index (χ2v) is 4.96. The topological polar surface area (TPSA) is 46.6 Å². The van der Waals surface area contributed by atoms with Crippen LogP contribution in [0, 0.1) is 5.92 Å². The van der Waals surface area contributed by atoms with Crippen LogP contribution in [0.2, 0.25) is 0 Å². The van der Waals surface area contributed by atoms with Gasteiger partial charge in [-0.05, 0) is 0 Å². The molecule has 2 aliphatic rings. The number of ether oxygens (including phenoxy) is 1. The number of carbonyl (C=O) groups is 2. The highest BCUT2D eigenvalue weighted by Crippen LogP contribution is 2.41. The van der Waals surface area contributed by atoms with Crippen molar-refractivity contribution in [1.82, 2.24) is 4.90 Å². The third kappa shape index (κ3) is 1.88. The van der Waals surface area contributed by atoms with Crippen LogP contribution in [0.5, 0.6) is 0 Å². The molecule has 2 aliphatic heterocycles. The van der Waals surface area contributed by atoms with E-state index in [2.05, 4.69) is 6.58 Å². The first-order valence-corrected chi connectivity index (χ1v) is 5.90. The summed E-state index contributed by atoms with van der Waals surface area (Å²) in [6.45, 7) is 5.62. The van der Waals surface area contributed by atoms with Crippen LogP contribution < -0.4 is 0 Å². The Morgan fingerprint density at radius 3 is 3.07 bits per heavy atom. The van der Waals surface area contributed by atoms with Gasteiger partial charge in [-0.15, -0.1) is 11.8 Å². The minimum absolute atomic E-state index is 0.0828. The number of thioether (sulfide) groups is 1. The van der Waals surface area contributed by atoms with E-state index in [0.29, 0.717) is 13.0 Å². The van der Waals surface area contributed by atoms with Crippen LogP contribution in [-0.4, -0.2) is 34.5 Å². The van der Waals surface area contributed by atoms with Crippen molar-refractivity contribution in [3.05, 3.63) is 12.3 Å². The Morgan fingerprint density at radius 2 is 2.47 bits per heavy atom. The van der Waals surface area contributed by atoms with Gasteiger partial charge in [-0.3, -0.25) is 9.59 Å². The summed E-state index contributed by atoms with van der Waals surface area (Å²) < 4.78 is 4.94. The molecule has 0 radical (unpaired) electrons. The van der Waals surface area contributed by atoms with Crippen LogP contribution >= 0.6 is 11.8 Å². The first kappa shape index (κ1) is 10.5. The predicted molar refractivity (Wildman–Crippen MR) is 57.0 cm³/mol. The molecule has 2 fully saturated rings. The smallest absolute Gasteiger partial charge is 0.302 e. The third-order valence-corrected chi connectivity index (χ3v) is 4.02. The summed E-state index contributed by atoms with van der Waals surface area (Å²) in [5.41, 5.74) is 0.802. The fourth-order valence-electron chi connectivity index (χ4n) is 1.75. The van der Waals surface area contributed by atoms with E-state index in [0.717, 1.165) is 11.4 Å². The van der Waals surface area contributed by atoms with Gasteiger partial charge in [-0.25, -0.2) is 0 Å². The fraction of sp³-hybridized carbons (Fsp3) is 0.600. The highest BCUT2D eigenvalue weighted by atomic mass is 32.2. The minimum Gasteiger partial charge on any atom is -0.465 e. The van der Waals surface area contributed by atoms with Crippen LogP contribution in [-0.2, 0) is 14.3 Å². The number of rotatable bonds is 2. The van der Waals surface area contributed by atoms with Crippen molar-refractivity contribution in [2.45, 2.75) is 18.7 Å². The van der Waals surface area contributed by atoms with E-state index in [1.165, 1.54) is 6.92 Å². The molecule has 15 heavy (non-hydrogen) atoms. The molecule has 1 unspecified atom stereocenters. The Balaban J connectivity index is 1.94. The van der Waals surface area contributed by atoms with Gasteiger partial charge >= 0.3 is 5.97 Å². The monoisotopic (exact) mass is 227 g/mol. The quantitative estimate of drug-likeness (QED) is 0.521. The standard InChI is InChI=1S/C10H13NO3S/c1-6-8(4-14-7(2)12)5-15-10-3-9(13)11(6)10/h8,10H,1,3-5H2,2H3/t8?,10-/m1/s1. The van der Waals surface area contributed by atoms with Gasteiger partial charge in [0, 0.05) is 24.3 Å². The van der Waals surface area contributed by atoms with Gasteiger partial charge in [0.1, 0.15) is 6.61 Å². The molecular formula is C10H13NO3S. The molecule has 1 amide bonds. The molecule has 0 bridgehead atoms. The van der Waals surface area contributed by atoms with Gasteiger partial charge in [-0.2, -0.15) is 0 Å². The zero-order valence-electron chi connectivity index (χ0n) is 8.56. The van der Waals surface area contributed by atoms with Crippen LogP contribution in [0.4, 0.5) is 0 Å². The van der Waals surface area contributed by atoms with E-state index in [4.69, 9.17) is 4.74 Å². The van der Waals surface area contributed by atoms with Crippen molar-refractivity contribution in [2.75, 3.05) is 12.4 Å². The summed E-state index contributed by atoms with van der Waals surface area (Å²) in [5, 5.41) is 0.276. The molecule has 4 nitrogen and oxygen atoms in total. The summed E-state index contributed by atoms with van der Waals surface area (Å²) in [7, 11) is 0. The van der Waals surface area contributed by atoms with E-state index >= 15 is 0 Å². The summed E-state index contributed by atoms with van der Waals surface area (Å²) in [5.74, 6) is 0.801. The number of fused-ring (bicyclic) bond motifs is 1. The lowest BCUT2D eigenvalue weighted by Crippen LogP contribution is -2.54. The molecule has 2 rings (SSSR count). The van der Waals surface area contributed by atoms with E-state index in [9.17, 15) is 9.59 Å². The molecule has 0 saturated carbocycles. The molecule has 2 saturated heterocycles. The minimum atomic E-state index is -0.287. The maximum Gasteiger partial charge on any atom is 0.302 e. The summed E-state index contributed by atoms with van der Waals surface area (Å²) in [6.07, 6.45) is 0.615. The Hall–Kier alpha value is -0.970. The first-order chi connectivity index (χ1) is 7.09. The molecule has 0 N–H and O–H groups in total. The van der Waals surface area contributed by atoms with E-state index in [-0.39, 0.29) is 23.2 Å².